The molecule has 1 aromatic carbocycles. The fraction of sp³-hybridized carbons (Fsp3) is 0.429. The van der Waals surface area contributed by atoms with Crippen molar-refractivity contribution >= 4 is 5.91 Å². The highest BCUT2D eigenvalue weighted by atomic mass is 19.1. The molecule has 1 saturated heterocycles. The largest absolute Gasteiger partial charge is 0.494 e. The minimum Gasteiger partial charge on any atom is -0.494 e. The van der Waals surface area contributed by atoms with Gasteiger partial charge in [-0.1, -0.05) is 12.1 Å². The number of nitrogens with zero attached hydrogens (tertiary/aromatic N) is 2. The van der Waals surface area contributed by atoms with E-state index in [0.29, 0.717) is 19.4 Å². The van der Waals surface area contributed by atoms with E-state index in [0.717, 1.165) is 16.8 Å². The molecule has 3 atom stereocenters. The van der Waals surface area contributed by atoms with Crippen molar-refractivity contribution in [1.82, 2.24) is 15.1 Å². The first-order valence-corrected chi connectivity index (χ1v) is 9.32. The number of carbonyl (C=O) groups excluding carboxylic acids is 1. The van der Waals surface area contributed by atoms with Gasteiger partial charge in [0.15, 0.2) is 11.6 Å². The van der Waals surface area contributed by atoms with Gasteiger partial charge in [-0.2, -0.15) is 5.10 Å². The quantitative estimate of drug-likeness (QED) is 0.769. The molecule has 1 amide bonds. The van der Waals surface area contributed by atoms with E-state index < -0.39 is 5.82 Å². The molecule has 2 aromatic rings. The average Bonchev–Trinajstić information content (AvgIpc) is 3.02. The number of hydrogen-bond acceptors (Lipinski definition) is 4. The maximum Gasteiger partial charge on any atom is 0.217 e. The van der Waals surface area contributed by atoms with Crippen LogP contribution in [-0.4, -0.2) is 28.8 Å². The SMILES string of the molecule is C=CCn1cc([C@@H]2C[C@H](NC(C)=O)C[C@H](c3ccc(F)c(OC)c3)O2)c(C)n1. The Kier molecular flexibility index (Phi) is 6.14. The molecule has 3 rings (SSSR count). The normalized spacial score (nSPS) is 21.9. The molecule has 2 heterocycles. The molecule has 1 aliphatic heterocycles. The Labute approximate surface area is 164 Å². The summed E-state index contributed by atoms with van der Waals surface area (Å²) in [7, 11) is 1.43. The van der Waals surface area contributed by atoms with Crippen molar-refractivity contribution in [3.05, 3.63) is 59.7 Å². The Hall–Kier alpha value is -2.67. The van der Waals surface area contributed by atoms with E-state index in [2.05, 4.69) is 17.0 Å². The minimum atomic E-state index is -0.418. The first-order valence-electron chi connectivity index (χ1n) is 9.32. The zero-order chi connectivity index (χ0) is 20.3. The molecule has 28 heavy (non-hydrogen) atoms. The lowest BCUT2D eigenvalue weighted by Gasteiger charge is -2.36. The Bertz CT molecular complexity index is 865. The number of rotatable bonds is 6. The third kappa shape index (κ3) is 4.42. The summed E-state index contributed by atoms with van der Waals surface area (Å²) in [6, 6.07) is 4.67. The maximum atomic E-state index is 13.8. The van der Waals surface area contributed by atoms with Gasteiger partial charge in [0.1, 0.15) is 0 Å². The number of hydrogen-bond donors (Lipinski definition) is 1. The van der Waals surface area contributed by atoms with Crippen LogP contribution in [0, 0.1) is 12.7 Å². The van der Waals surface area contributed by atoms with Crippen LogP contribution < -0.4 is 10.1 Å². The van der Waals surface area contributed by atoms with E-state index in [4.69, 9.17) is 9.47 Å². The molecule has 0 saturated carbocycles. The van der Waals surface area contributed by atoms with Gasteiger partial charge in [0.05, 0.1) is 31.6 Å². The van der Waals surface area contributed by atoms with E-state index in [1.54, 1.807) is 18.2 Å². The molecule has 0 bridgehead atoms. The molecule has 0 spiro atoms. The van der Waals surface area contributed by atoms with Gasteiger partial charge in [0, 0.05) is 24.7 Å². The summed E-state index contributed by atoms with van der Waals surface area (Å²) < 4.78 is 27.1. The molecule has 150 valence electrons. The van der Waals surface area contributed by atoms with E-state index in [-0.39, 0.29) is 29.9 Å². The van der Waals surface area contributed by atoms with Crippen LogP contribution in [-0.2, 0) is 16.1 Å². The minimum absolute atomic E-state index is 0.0561. The van der Waals surface area contributed by atoms with Crippen molar-refractivity contribution in [3.8, 4) is 5.75 Å². The fourth-order valence-electron chi connectivity index (χ4n) is 3.69. The summed E-state index contributed by atoms with van der Waals surface area (Å²) in [6.45, 7) is 7.81. The number of aryl methyl sites for hydroxylation is 1. The van der Waals surface area contributed by atoms with Gasteiger partial charge in [-0.15, -0.1) is 6.58 Å². The molecule has 7 heteroatoms. The Morgan fingerprint density at radius 2 is 2.21 bits per heavy atom. The predicted octanol–water partition coefficient (Wildman–Crippen LogP) is 3.62. The second-order valence-electron chi connectivity index (χ2n) is 7.06. The van der Waals surface area contributed by atoms with Gasteiger partial charge < -0.3 is 14.8 Å². The van der Waals surface area contributed by atoms with Gasteiger partial charge in [0.25, 0.3) is 0 Å². The van der Waals surface area contributed by atoms with E-state index >= 15 is 0 Å². The molecule has 0 radical (unpaired) electrons. The highest BCUT2D eigenvalue weighted by Gasteiger charge is 2.33. The number of ether oxygens (including phenoxy) is 2. The first kappa shape index (κ1) is 20.1. The number of carbonyl (C=O) groups is 1. The lowest BCUT2D eigenvalue weighted by atomic mass is 9.91. The van der Waals surface area contributed by atoms with Crippen LogP contribution in [0.5, 0.6) is 5.75 Å². The predicted molar refractivity (Wildman–Crippen MR) is 104 cm³/mol. The summed E-state index contributed by atoms with van der Waals surface area (Å²) in [6.07, 6.45) is 4.46. The van der Waals surface area contributed by atoms with E-state index in [9.17, 15) is 9.18 Å². The van der Waals surface area contributed by atoms with Crippen LogP contribution >= 0.6 is 0 Å². The van der Waals surface area contributed by atoms with Gasteiger partial charge in [0.2, 0.25) is 5.91 Å². The van der Waals surface area contributed by atoms with Gasteiger partial charge in [-0.25, -0.2) is 4.39 Å². The smallest absolute Gasteiger partial charge is 0.217 e. The molecule has 1 fully saturated rings. The van der Waals surface area contributed by atoms with Gasteiger partial charge in [-0.3, -0.25) is 9.48 Å². The second kappa shape index (κ2) is 8.56. The third-order valence-corrected chi connectivity index (χ3v) is 4.93. The number of halogens is 1. The lowest BCUT2D eigenvalue weighted by Crippen LogP contribution is -2.39. The average molecular weight is 387 g/mol. The zero-order valence-electron chi connectivity index (χ0n) is 16.4. The molecular formula is C21H26FN3O3. The number of methoxy groups -OCH3 is 1. The Balaban J connectivity index is 1.91. The van der Waals surface area contributed by atoms with Crippen LogP contribution in [0.1, 0.15) is 48.8 Å². The molecule has 1 N–H and O–H groups in total. The maximum absolute atomic E-state index is 13.8. The van der Waals surface area contributed by atoms with Crippen LogP contribution in [0.2, 0.25) is 0 Å². The van der Waals surface area contributed by atoms with Gasteiger partial charge >= 0.3 is 0 Å². The van der Waals surface area contributed by atoms with Crippen LogP contribution in [0.4, 0.5) is 4.39 Å². The summed E-state index contributed by atoms with van der Waals surface area (Å²) >= 11 is 0. The Morgan fingerprint density at radius 3 is 2.89 bits per heavy atom. The van der Waals surface area contributed by atoms with Crippen molar-refractivity contribution in [2.45, 2.75) is 51.5 Å². The summed E-state index contributed by atoms with van der Waals surface area (Å²) in [5.74, 6) is -0.326. The van der Waals surface area contributed by atoms with Crippen LogP contribution in [0.25, 0.3) is 0 Å². The summed E-state index contributed by atoms with van der Waals surface area (Å²) in [4.78, 5) is 11.7. The molecule has 1 aromatic heterocycles. The topological polar surface area (TPSA) is 65.4 Å². The highest BCUT2D eigenvalue weighted by Crippen LogP contribution is 2.40. The number of allylic oxidation sites excluding steroid dienone is 1. The van der Waals surface area contributed by atoms with E-state index in [1.807, 2.05) is 17.8 Å². The van der Waals surface area contributed by atoms with E-state index in [1.165, 1.54) is 20.1 Å². The lowest BCUT2D eigenvalue weighted by molar-refractivity contribution is -0.122. The van der Waals surface area contributed by atoms with Crippen molar-refractivity contribution in [2.24, 2.45) is 0 Å². The third-order valence-electron chi connectivity index (χ3n) is 4.93. The molecule has 6 nitrogen and oxygen atoms in total. The summed E-state index contributed by atoms with van der Waals surface area (Å²) in [5, 5.41) is 7.51. The number of benzene rings is 1. The van der Waals surface area contributed by atoms with Gasteiger partial charge in [-0.05, 0) is 37.5 Å². The Morgan fingerprint density at radius 1 is 1.46 bits per heavy atom. The zero-order valence-corrected chi connectivity index (χ0v) is 16.4. The fourth-order valence-corrected chi connectivity index (χ4v) is 3.69. The number of nitrogens with one attached hydrogen (secondary N) is 1. The second-order valence-corrected chi connectivity index (χ2v) is 7.06. The molecule has 0 unspecified atom stereocenters. The van der Waals surface area contributed by atoms with Crippen LogP contribution in [0.15, 0.2) is 37.1 Å². The molecule has 0 aliphatic carbocycles. The standard InChI is InChI=1S/C21H26FN3O3/c1-5-8-25-12-17(13(2)24-25)20-11-16(23-14(3)26)10-19(28-20)15-6-7-18(22)21(9-15)27-4/h5-7,9,12,16,19-20H,1,8,10-11H2,2-4H3,(H,23,26)/t16-,19-,20+/m1/s1. The van der Waals surface area contributed by atoms with Crippen molar-refractivity contribution in [1.29, 1.82) is 0 Å². The molecule has 1 aliphatic rings. The number of amides is 1. The monoisotopic (exact) mass is 387 g/mol. The molecular weight excluding hydrogens is 361 g/mol. The van der Waals surface area contributed by atoms with Crippen LogP contribution in [0.3, 0.4) is 0 Å². The summed E-state index contributed by atoms with van der Waals surface area (Å²) in [5.41, 5.74) is 2.68. The highest BCUT2D eigenvalue weighted by molar-refractivity contribution is 5.73. The van der Waals surface area contributed by atoms with Crippen molar-refractivity contribution in [3.63, 3.8) is 0 Å². The number of aromatic nitrogens is 2. The van der Waals surface area contributed by atoms with Crippen molar-refractivity contribution in [2.75, 3.05) is 7.11 Å². The first-order chi connectivity index (χ1) is 13.4. The van der Waals surface area contributed by atoms with Crippen molar-refractivity contribution < 1.29 is 18.7 Å².